The molecule has 1 aliphatic heterocycles. The van der Waals surface area contributed by atoms with E-state index in [0.29, 0.717) is 22.3 Å². The maximum absolute atomic E-state index is 13.5. The molecule has 3 aromatic rings. The van der Waals surface area contributed by atoms with Gasteiger partial charge in [0.2, 0.25) is 11.8 Å². The molecule has 5 atom stereocenters. The monoisotopic (exact) mass is 606 g/mol. The number of benzene rings is 3. The number of carbonyl (C=O) groups excluding carboxylic acids is 4. The van der Waals surface area contributed by atoms with E-state index in [1.54, 1.807) is 30.3 Å². The fourth-order valence-electron chi connectivity index (χ4n) is 6.54. The number of hydrogen-bond acceptors (Lipinski definition) is 5. The lowest BCUT2D eigenvalue weighted by Crippen LogP contribution is -2.33. The highest BCUT2D eigenvalue weighted by molar-refractivity contribution is 9.10. The summed E-state index contributed by atoms with van der Waals surface area (Å²) in [6, 6.07) is 21.4. The van der Waals surface area contributed by atoms with Crippen molar-refractivity contribution in [2.75, 3.05) is 16.8 Å². The first-order chi connectivity index (χ1) is 18.8. The molecule has 7 nitrogen and oxygen atoms in total. The Hall–Kier alpha value is -3.49. The van der Waals surface area contributed by atoms with Gasteiger partial charge in [-0.1, -0.05) is 57.9 Å². The molecule has 0 aromatic heterocycles. The van der Waals surface area contributed by atoms with Gasteiger partial charge >= 0.3 is 5.97 Å². The van der Waals surface area contributed by atoms with Crippen LogP contribution in [0.5, 0.6) is 0 Å². The maximum Gasteiger partial charge on any atom is 0.338 e. The van der Waals surface area contributed by atoms with Gasteiger partial charge in [-0.05, 0) is 78.6 Å². The van der Waals surface area contributed by atoms with Gasteiger partial charge in [-0.2, -0.15) is 0 Å². The molecule has 39 heavy (non-hydrogen) atoms. The summed E-state index contributed by atoms with van der Waals surface area (Å²) in [6.45, 7) is -0.495. The Balaban J connectivity index is 1.10. The van der Waals surface area contributed by atoms with E-state index in [1.807, 2.05) is 18.2 Å². The summed E-state index contributed by atoms with van der Waals surface area (Å²) in [5.41, 5.74) is 2.28. The zero-order valence-electron chi connectivity index (χ0n) is 20.7. The van der Waals surface area contributed by atoms with Crippen LogP contribution in [0.3, 0.4) is 0 Å². The highest BCUT2D eigenvalue weighted by Crippen LogP contribution is 2.61. The molecule has 0 unspecified atom stereocenters. The third kappa shape index (κ3) is 4.66. The van der Waals surface area contributed by atoms with Crippen molar-refractivity contribution in [3.05, 3.63) is 93.4 Å². The van der Waals surface area contributed by atoms with E-state index < -0.39 is 18.5 Å². The molecule has 0 spiro atoms. The smallest absolute Gasteiger partial charge is 0.338 e. The van der Waals surface area contributed by atoms with Gasteiger partial charge in [0.25, 0.3) is 5.91 Å². The van der Waals surface area contributed by atoms with Crippen LogP contribution >= 0.6 is 27.5 Å². The van der Waals surface area contributed by atoms with Crippen LogP contribution in [0.1, 0.15) is 34.7 Å². The molecule has 1 heterocycles. The first-order valence-electron chi connectivity index (χ1n) is 12.8. The topological polar surface area (TPSA) is 92.8 Å². The van der Waals surface area contributed by atoms with E-state index in [4.69, 9.17) is 16.3 Å². The van der Waals surface area contributed by atoms with Crippen LogP contribution in [0.2, 0.25) is 5.02 Å². The number of rotatable bonds is 6. The van der Waals surface area contributed by atoms with Gasteiger partial charge in [-0.3, -0.25) is 19.3 Å². The minimum absolute atomic E-state index is 0.150. The average molecular weight is 608 g/mol. The molecule has 6 rings (SSSR count). The molecular formula is C30H24BrClN2O5. The quantitative estimate of drug-likeness (QED) is 0.281. The summed E-state index contributed by atoms with van der Waals surface area (Å²) in [7, 11) is 0. The Kier molecular flexibility index (Phi) is 6.77. The summed E-state index contributed by atoms with van der Waals surface area (Å²) in [5.74, 6) is -1.45. The van der Waals surface area contributed by atoms with Gasteiger partial charge in [-0.15, -0.1) is 0 Å². The maximum atomic E-state index is 13.5. The van der Waals surface area contributed by atoms with Crippen LogP contribution in [0.15, 0.2) is 77.3 Å². The number of nitrogens with zero attached hydrogens (tertiary/aromatic N) is 1. The average Bonchev–Trinajstić information content (AvgIpc) is 3.61. The largest absolute Gasteiger partial charge is 0.452 e. The van der Waals surface area contributed by atoms with Crippen molar-refractivity contribution in [1.29, 1.82) is 0 Å². The number of halogens is 2. The number of imide groups is 1. The zero-order valence-corrected chi connectivity index (χ0v) is 23.0. The molecule has 1 saturated heterocycles. The van der Waals surface area contributed by atoms with Gasteiger partial charge in [0.1, 0.15) is 0 Å². The minimum atomic E-state index is -0.696. The first-order valence-corrected chi connectivity index (χ1v) is 13.9. The number of ether oxygens (including phenoxy) is 1. The van der Waals surface area contributed by atoms with E-state index in [9.17, 15) is 19.2 Å². The Morgan fingerprint density at radius 1 is 0.949 bits per heavy atom. The van der Waals surface area contributed by atoms with E-state index in [-0.39, 0.29) is 41.0 Å². The van der Waals surface area contributed by atoms with E-state index in [2.05, 4.69) is 33.4 Å². The number of hydrogen-bond donors (Lipinski definition) is 1. The molecule has 3 fully saturated rings. The lowest BCUT2D eigenvalue weighted by atomic mass is 9.73. The predicted molar refractivity (Wildman–Crippen MR) is 149 cm³/mol. The summed E-state index contributed by atoms with van der Waals surface area (Å²) >= 11 is 9.40. The first kappa shape index (κ1) is 25.8. The second-order valence-corrected chi connectivity index (χ2v) is 11.6. The Labute approximate surface area is 238 Å². The van der Waals surface area contributed by atoms with Gasteiger partial charge in [-0.25, -0.2) is 4.79 Å². The van der Waals surface area contributed by atoms with Gasteiger partial charge in [0.15, 0.2) is 6.61 Å². The Morgan fingerprint density at radius 2 is 1.67 bits per heavy atom. The van der Waals surface area contributed by atoms with Crippen molar-refractivity contribution in [2.24, 2.45) is 23.7 Å². The van der Waals surface area contributed by atoms with Crippen LogP contribution in [0.25, 0.3) is 0 Å². The third-order valence-corrected chi connectivity index (χ3v) is 8.95. The number of fused-ring (bicyclic) bond motifs is 5. The lowest BCUT2D eigenvalue weighted by Gasteiger charge is -2.28. The normalized spacial score (nSPS) is 25.1. The van der Waals surface area contributed by atoms with Gasteiger partial charge < -0.3 is 10.1 Å². The highest BCUT2D eigenvalue weighted by atomic mass is 79.9. The van der Waals surface area contributed by atoms with Crippen molar-refractivity contribution in [1.82, 2.24) is 0 Å². The Bertz CT molecular complexity index is 1480. The van der Waals surface area contributed by atoms with Crippen LogP contribution < -0.4 is 10.2 Å². The summed E-state index contributed by atoms with van der Waals surface area (Å²) in [4.78, 5) is 52.9. The fraction of sp³-hybridized carbons (Fsp3) is 0.267. The van der Waals surface area contributed by atoms with Crippen LogP contribution in [-0.2, 0) is 19.1 Å². The number of amides is 3. The van der Waals surface area contributed by atoms with Crippen LogP contribution in [0.4, 0.5) is 11.4 Å². The molecule has 3 aliphatic rings. The van der Waals surface area contributed by atoms with Crippen LogP contribution in [0, 0.1) is 23.7 Å². The number of esters is 1. The highest BCUT2D eigenvalue weighted by Gasteiger charge is 2.64. The lowest BCUT2D eigenvalue weighted by molar-refractivity contribution is -0.123. The standard InChI is InChI=1S/C30H24BrClN2O5/c31-19-8-11-24(23(32)14-19)33-25(35)15-39-30(38)17-6-9-20(10-7-17)34-28(36)26-18-12-21(16-4-2-1-3-5-16)22(13-18)27(26)29(34)37/h1-11,14,18,21-22,26-27H,12-13,15H2,(H,33,35)/t18-,21-,22+,26+,27+/m0/s1. The van der Waals surface area contributed by atoms with Crippen molar-refractivity contribution >= 4 is 62.6 Å². The van der Waals surface area contributed by atoms with E-state index >= 15 is 0 Å². The van der Waals surface area contributed by atoms with Gasteiger partial charge in [0, 0.05) is 4.47 Å². The molecule has 2 bridgehead atoms. The molecule has 1 N–H and O–H groups in total. The molecule has 9 heteroatoms. The predicted octanol–water partition coefficient (Wildman–Crippen LogP) is 5.83. The molecule has 2 saturated carbocycles. The summed E-state index contributed by atoms with van der Waals surface area (Å²) < 4.78 is 5.90. The molecule has 198 valence electrons. The second-order valence-electron chi connectivity index (χ2n) is 10.3. The third-order valence-electron chi connectivity index (χ3n) is 8.14. The van der Waals surface area contributed by atoms with Crippen LogP contribution in [-0.4, -0.2) is 30.3 Å². The number of nitrogens with one attached hydrogen (secondary N) is 1. The molecular weight excluding hydrogens is 584 g/mol. The van der Waals surface area contributed by atoms with Gasteiger partial charge in [0.05, 0.1) is 33.8 Å². The molecule has 2 aliphatic carbocycles. The summed E-state index contributed by atoms with van der Waals surface area (Å²) in [6.07, 6.45) is 1.84. The Morgan fingerprint density at radius 3 is 2.38 bits per heavy atom. The van der Waals surface area contributed by atoms with E-state index in [1.165, 1.54) is 22.6 Å². The number of anilines is 2. The number of carbonyl (C=O) groups is 4. The van der Waals surface area contributed by atoms with Crippen molar-refractivity contribution in [2.45, 2.75) is 18.8 Å². The second kappa shape index (κ2) is 10.2. The summed E-state index contributed by atoms with van der Waals surface area (Å²) in [5, 5.41) is 2.94. The molecule has 0 radical (unpaired) electrons. The SMILES string of the molecule is O=C(COC(=O)c1ccc(N2C(=O)[C@@H]3[C@@H]4C[C@@H]([C@H]3C2=O)[C@H](c2ccccc2)C4)cc1)Nc1ccc(Br)cc1Cl. The zero-order chi connectivity index (χ0) is 27.3. The minimum Gasteiger partial charge on any atom is -0.452 e. The van der Waals surface area contributed by atoms with E-state index in [0.717, 1.165) is 17.3 Å². The molecule has 3 amide bonds. The van der Waals surface area contributed by atoms with Crippen molar-refractivity contribution < 1.29 is 23.9 Å². The van der Waals surface area contributed by atoms with Crippen molar-refractivity contribution in [3.8, 4) is 0 Å². The van der Waals surface area contributed by atoms with Crippen molar-refractivity contribution in [3.63, 3.8) is 0 Å². The fourth-order valence-corrected chi connectivity index (χ4v) is 7.26. The molecule has 3 aromatic carbocycles.